The zero-order valence-electron chi connectivity index (χ0n) is 10.8. The number of nitrogens with zero attached hydrogens (tertiary/aromatic N) is 1. The second-order valence-corrected chi connectivity index (χ2v) is 5.31. The van der Waals surface area contributed by atoms with Gasteiger partial charge in [0, 0.05) is 11.9 Å². The van der Waals surface area contributed by atoms with E-state index in [1.807, 2.05) is 18.4 Å². The third kappa shape index (κ3) is 2.98. The number of anilines is 1. The fourth-order valence-electron chi connectivity index (χ4n) is 1.99. The van der Waals surface area contributed by atoms with E-state index in [2.05, 4.69) is 22.4 Å². The topological polar surface area (TPSA) is 43.4 Å². The SMILES string of the molecule is Cc1csc(NCCc2ccc3c(c2)OCCO3)n1. The van der Waals surface area contributed by atoms with Crippen molar-refractivity contribution < 1.29 is 9.47 Å². The maximum absolute atomic E-state index is 5.58. The van der Waals surface area contributed by atoms with Gasteiger partial charge < -0.3 is 14.8 Å². The third-order valence-electron chi connectivity index (χ3n) is 2.92. The Labute approximate surface area is 116 Å². The summed E-state index contributed by atoms with van der Waals surface area (Å²) < 4.78 is 11.1. The summed E-state index contributed by atoms with van der Waals surface area (Å²) in [4.78, 5) is 4.37. The van der Waals surface area contributed by atoms with Crippen LogP contribution in [0.4, 0.5) is 5.13 Å². The van der Waals surface area contributed by atoms with E-state index in [1.54, 1.807) is 11.3 Å². The van der Waals surface area contributed by atoms with Gasteiger partial charge in [0.25, 0.3) is 0 Å². The first-order valence-corrected chi connectivity index (χ1v) is 7.24. The molecule has 4 nitrogen and oxygen atoms in total. The van der Waals surface area contributed by atoms with Gasteiger partial charge in [-0.15, -0.1) is 11.3 Å². The minimum Gasteiger partial charge on any atom is -0.486 e. The van der Waals surface area contributed by atoms with Crippen molar-refractivity contribution in [1.29, 1.82) is 0 Å². The third-order valence-corrected chi connectivity index (χ3v) is 3.83. The van der Waals surface area contributed by atoms with Gasteiger partial charge in [-0.1, -0.05) is 6.07 Å². The van der Waals surface area contributed by atoms with Crippen molar-refractivity contribution in [2.75, 3.05) is 25.1 Å². The molecule has 0 saturated heterocycles. The van der Waals surface area contributed by atoms with Crippen molar-refractivity contribution in [2.24, 2.45) is 0 Å². The smallest absolute Gasteiger partial charge is 0.182 e. The second-order valence-electron chi connectivity index (χ2n) is 4.45. The Morgan fingerprint density at radius 3 is 2.89 bits per heavy atom. The number of rotatable bonds is 4. The molecule has 0 unspecified atom stereocenters. The first kappa shape index (κ1) is 12.3. The molecule has 5 heteroatoms. The van der Waals surface area contributed by atoms with Crippen LogP contribution < -0.4 is 14.8 Å². The van der Waals surface area contributed by atoms with Gasteiger partial charge in [0.1, 0.15) is 13.2 Å². The quantitative estimate of drug-likeness (QED) is 0.932. The molecule has 100 valence electrons. The van der Waals surface area contributed by atoms with Crippen molar-refractivity contribution in [1.82, 2.24) is 4.98 Å². The summed E-state index contributed by atoms with van der Waals surface area (Å²) in [5.41, 5.74) is 2.30. The first-order valence-electron chi connectivity index (χ1n) is 6.36. The zero-order valence-corrected chi connectivity index (χ0v) is 11.6. The molecule has 19 heavy (non-hydrogen) atoms. The highest BCUT2D eigenvalue weighted by molar-refractivity contribution is 7.13. The molecule has 1 aromatic carbocycles. The van der Waals surface area contributed by atoms with Gasteiger partial charge in [-0.2, -0.15) is 0 Å². The number of aromatic nitrogens is 1. The molecule has 1 aliphatic heterocycles. The van der Waals surface area contributed by atoms with Crippen LogP contribution in [0.25, 0.3) is 0 Å². The molecule has 0 saturated carbocycles. The van der Waals surface area contributed by atoms with E-state index in [4.69, 9.17) is 9.47 Å². The highest BCUT2D eigenvalue weighted by Gasteiger charge is 2.11. The highest BCUT2D eigenvalue weighted by Crippen LogP contribution is 2.30. The van der Waals surface area contributed by atoms with Crippen LogP contribution in [0.5, 0.6) is 11.5 Å². The molecule has 0 bridgehead atoms. The van der Waals surface area contributed by atoms with Gasteiger partial charge >= 0.3 is 0 Å². The van der Waals surface area contributed by atoms with Gasteiger partial charge in [0.15, 0.2) is 16.6 Å². The maximum Gasteiger partial charge on any atom is 0.182 e. The van der Waals surface area contributed by atoms with Gasteiger partial charge in [0.2, 0.25) is 0 Å². The average Bonchev–Trinajstić information content (AvgIpc) is 2.84. The summed E-state index contributed by atoms with van der Waals surface area (Å²) in [5, 5.41) is 6.36. The minimum atomic E-state index is 0.632. The van der Waals surface area contributed by atoms with Crippen LogP contribution in [0.2, 0.25) is 0 Å². The number of aryl methyl sites for hydroxylation is 1. The maximum atomic E-state index is 5.58. The lowest BCUT2D eigenvalue weighted by Crippen LogP contribution is -2.15. The monoisotopic (exact) mass is 276 g/mol. The van der Waals surface area contributed by atoms with Gasteiger partial charge in [0.05, 0.1) is 5.69 Å². The Morgan fingerprint density at radius 1 is 1.26 bits per heavy atom. The Bertz CT molecular complexity index is 568. The average molecular weight is 276 g/mol. The summed E-state index contributed by atoms with van der Waals surface area (Å²) in [6.07, 6.45) is 0.940. The van der Waals surface area contributed by atoms with Crippen molar-refractivity contribution in [3.8, 4) is 11.5 Å². The summed E-state index contributed by atoms with van der Waals surface area (Å²) in [5.74, 6) is 1.70. The molecule has 1 N–H and O–H groups in total. The molecule has 2 heterocycles. The van der Waals surface area contributed by atoms with E-state index in [0.29, 0.717) is 13.2 Å². The van der Waals surface area contributed by atoms with Gasteiger partial charge in [-0.05, 0) is 31.0 Å². The molecule has 3 rings (SSSR count). The zero-order chi connectivity index (χ0) is 13.1. The fraction of sp³-hybridized carbons (Fsp3) is 0.357. The van der Waals surface area contributed by atoms with E-state index in [0.717, 1.165) is 35.3 Å². The summed E-state index contributed by atoms with van der Waals surface area (Å²) in [6, 6.07) is 6.13. The molecular formula is C14H16N2O2S. The van der Waals surface area contributed by atoms with E-state index in [9.17, 15) is 0 Å². The van der Waals surface area contributed by atoms with E-state index in [-0.39, 0.29) is 0 Å². The summed E-state index contributed by atoms with van der Waals surface area (Å²) in [7, 11) is 0. The Kier molecular flexibility index (Phi) is 3.55. The predicted octanol–water partition coefficient (Wildman–Crippen LogP) is 2.88. The number of benzene rings is 1. The molecular weight excluding hydrogens is 260 g/mol. The van der Waals surface area contributed by atoms with Crippen molar-refractivity contribution in [3.63, 3.8) is 0 Å². The van der Waals surface area contributed by atoms with Crippen molar-refractivity contribution in [2.45, 2.75) is 13.3 Å². The molecule has 0 aliphatic carbocycles. The molecule has 1 aromatic heterocycles. The molecule has 0 atom stereocenters. The van der Waals surface area contributed by atoms with Crippen LogP contribution in [-0.2, 0) is 6.42 Å². The number of nitrogens with one attached hydrogen (secondary N) is 1. The van der Waals surface area contributed by atoms with Crippen LogP contribution in [0.1, 0.15) is 11.3 Å². The largest absolute Gasteiger partial charge is 0.486 e. The Hall–Kier alpha value is -1.75. The molecule has 0 fully saturated rings. The number of hydrogen-bond acceptors (Lipinski definition) is 5. The van der Waals surface area contributed by atoms with Crippen LogP contribution in [-0.4, -0.2) is 24.7 Å². The molecule has 0 amide bonds. The van der Waals surface area contributed by atoms with Gasteiger partial charge in [-0.3, -0.25) is 0 Å². The molecule has 2 aromatic rings. The second kappa shape index (κ2) is 5.48. The normalized spacial score (nSPS) is 13.3. The van der Waals surface area contributed by atoms with E-state index >= 15 is 0 Å². The Balaban J connectivity index is 1.58. The van der Waals surface area contributed by atoms with Crippen molar-refractivity contribution >= 4 is 16.5 Å². The lowest BCUT2D eigenvalue weighted by molar-refractivity contribution is 0.171. The number of ether oxygens (including phenoxy) is 2. The van der Waals surface area contributed by atoms with Crippen LogP contribution in [0.3, 0.4) is 0 Å². The number of fused-ring (bicyclic) bond motifs is 1. The lowest BCUT2D eigenvalue weighted by atomic mass is 10.1. The van der Waals surface area contributed by atoms with Crippen molar-refractivity contribution in [3.05, 3.63) is 34.8 Å². The van der Waals surface area contributed by atoms with E-state index < -0.39 is 0 Å². The molecule has 0 spiro atoms. The molecule has 1 aliphatic rings. The Morgan fingerprint density at radius 2 is 2.11 bits per heavy atom. The number of hydrogen-bond donors (Lipinski definition) is 1. The van der Waals surface area contributed by atoms with Gasteiger partial charge in [-0.25, -0.2) is 4.98 Å². The molecule has 0 radical (unpaired) electrons. The summed E-state index contributed by atoms with van der Waals surface area (Å²) >= 11 is 1.64. The van der Waals surface area contributed by atoms with Crippen LogP contribution in [0, 0.1) is 6.92 Å². The predicted molar refractivity (Wildman–Crippen MR) is 76.5 cm³/mol. The number of thiazole rings is 1. The summed E-state index contributed by atoms with van der Waals surface area (Å²) in [6.45, 7) is 4.14. The minimum absolute atomic E-state index is 0.632. The van der Waals surface area contributed by atoms with Crippen LogP contribution in [0.15, 0.2) is 23.6 Å². The first-order chi connectivity index (χ1) is 9.31. The van der Waals surface area contributed by atoms with E-state index in [1.165, 1.54) is 5.56 Å². The lowest BCUT2D eigenvalue weighted by Gasteiger charge is -2.18. The standard InChI is InChI=1S/C14H16N2O2S/c1-10-9-19-14(16-10)15-5-4-11-2-3-12-13(8-11)18-7-6-17-12/h2-3,8-9H,4-7H2,1H3,(H,15,16). The highest BCUT2D eigenvalue weighted by atomic mass is 32.1. The van der Waals surface area contributed by atoms with Crippen LogP contribution >= 0.6 is 11.3 Å². The fourth-order valence-corrected chi connectivity index (χ4v) is 2.71.